The summed E-state index contributed by atoms with van der Waals surface area (Å²) in [7, 11) is 0. The van der Waals surface area contributed by atoms with Crippen LogP contribution in [0, 0.1) is 17.8 Å². The van der Waals surface area contributed by atoms with Gasteiger partial charge in [-0.1, -0.05) is 34.1 Å². The van der Waals surface area contributed by atoms with Gasteiger partial charge in [0, 0.05) is 6.54 Å². The van der Waals surface area contributed by atoms with Gasteiger partial charge in [-0.2, -0.15) is 0 Å². The summed E-state index contributed by atoms with van der Waals surface area (Å²) in [6.07, 6.45) is 4.16. The fraction of sp³-hybridized carbons (Fsp3) is 0.875. The van der Waals surface area contributed by atoms with E-state index >= 15 is 0 Å². The topological polar surface area (TPSA) is 49.4 Å². The summed E-state index contributed by atoms with van der Waals surface area (Å²) in [5.41, 5.74) is 0. The first kappa shape index (κ1) is 15.3. The maximum Gasteiger partial charge on any atom is 0.246 e. The lowest BCUT2D eigenvalue weighted by Crippen LogP contribution is -2.65. The minimum atomic E-state index is -0.332. The van der Waals surface area contributed by atoms with Crippen LogP contribution in [0.5, 0.6) is 0 Å². The Labute approximate surface area is 122 Å². The molecule has 0 aromatic carbocycles. The van der Waals surface area contributed by atoms with Crippen molar-refractivity contribution in [3.63, 3.8) is 0 Å². The summed E-state index contributed by atoms with van der Waals surface area (Å²) >= 11 is 0. The van der Waals surface area contributed by atoms with E-state index in [1.807, 2.05) is 18.7 Å². The van der Waals surface area contributed by atoms with Crippen molar-refractivity contribution in [2.75, 3.05) is 6.54 Å². The van der Waals surface area contributed by atoms with Gasteiger partial charge < -0.3 is 10.2 Å². The third kappa shape index (κ3) is 2.99. The highest BCUT2D eigenvalue weighted by Gasteiger charge is 2.42. The van der Waals surface area contributed by atoms with Gasteiger partial charge in [-0.25, -0.2) is 0 Å². The maximum absolute atomic E-state index is 12.7. The lowest BCUT2D eigenvalue weighted by atomic mass is 9.92. The second-order valence-electron chi connectivity index (χ2n) is 6.60. The molecule has 20 heavy (non-hydrogen) atoms. The Balaban J connectivity index is 2.13. The first-order valence-electron chi connectivity index (χ1n) is 8.10. The normalized spacial score (nSPS) is 30.1. The van der Waals surface area contributed by atoms with Crippen LogP contribution in [-0.4, -0.2) is 35.3 Å². The monoisotopic (exact) mass is 280 g/mol. The van der Waals surface area contributed by atoms with Gasteiger partial charge in [0.1, 0.15) is 12.1 Å². The molecule has 1 aliphatic carbocycles. The number of rotatable bonds is 6. The summed E-state index contributed by atoms with van der Waals surface area (Å²) in [4.78, 5) is 26.9. The van der Waals surface area contributed by atoms with E-state index in [1.54, 1.807) is 0 Å². The quantitative estimate of drug-likeness (QED) is 0.811. The molecule has 114 valence electrons. The molecule has 4 heteroatoms. The lowest BCUT2D eigenvalue weighted by molar-refractivity contribution is -0.151. The number of amides is 2. The number of nitrogens with one attached hydrogen (secondary N) is 1. The van der Waals surface area contributed by atoms with Crippen LogP contribution >= 0.6 is 0 Å². The Morgan fingerprint density at radius 3 is 2.35 bits per heavy atom. The van der Waals surface area contributed by atoms with Crippen molar-refractivity contribution in [1.29, 1.82) is 0 Å². The third-order valence-corrected chi connectivity index (χ3v) is 5.04. The van der Waals surface area contributed by atoms with E-state index in [1.165, 1.54) is 12.8 Å². The molecule has 1 heterocycles. The standard InChI is InChI=1S/C16H28N2O2/c1-5-10(3)14-16(20)18(9-11(4)12-7-8-12)13(6-2)15(19)17-14/h10-14H,5-9H2,1-4H3,(H,17,19). The summed E-state index contributed by atoms with van der Waals surface area (Å²) in [6.45, 7) is 9.03. The molecule has 1 N–H and O–H groups in total. The molecule has 2 rings (SSSR count). The van der Waals surface area contributed by atoms with Gasteiger partial charge in [0.05, 0.1) is 0 Å². The van der Waals surface area contributed by atoms with E-state index in [4.69, 9.17) is 0 Å². The molecule has 4 unspecified atom stereocenters. The van der Waals surface area contributed by atoms with Crippen molar-refractivity contribution in [2.45, 2.75) is 65.5 Å². The molecule has 1 saturated heterocycles. The van der Waals surface area contributed by atoms with Gasteiger partial charge in [-0.3, -0.25) is 9.59 Å². The van der Waals surface area contributed by atoms with Crippen molar-refractivity contribution in [3.05, 3.63) is 0 Å². The van der Waals surface area contributed by atoms with Crippen LogP contribution in [0.1, 0.15) is 53.4 Å². The first-order chi connectivity index (χ1) is 9.49. The van der Waals surface area contributed by atoms with Crippen molar-refractivity contribution in [3.8, 4) is 0 Å². The molecule has 2 amide bonds. The molecule has 2 aliphatic rings. The summed E-state index contributed by atoms with van der Waals surface area (Å²) in [5.74, 6) is 1.62. The van der Waals surface area contributed by atoms with E-state index in [-0.39, 0.29) is 29.8 Å². The molecule has 0 aromatic rings. The van der Waals surface area contributed by atoms with Crippen LogP contribution in [-0.2, 0) is 9.59 Å². The predicted octanol–water partition coefficient (Wildman–Crippen LogP) is 2.18. The first-order valence-corrected chi connectivity index (χ1v) is 8.10. The second-order valence-corrected chi connectivity index (χ2v) is 6.60. The molecule has 4 atom stereocenters. The van der Waals surface area contributed by atoms with Crippen LogP contribution in [0.2, 0.25) is 0 Å². The zero-order valence-corrected chi connectivity index (χ0v) is 13.2. The minimum absolute atomic E-state index is 0.0281. The molecule has 1 saturated carbocycles. The fourth-order valence-electron chi connectivity index (χ4n) is 3.15. The van der Waals surface area contributed by atoms with E-state index in [0.717, 1.165) is 18.9 Å². The summed E-state index contributed by atoms with van der Waals surface area (Å²) in [5, 5.41) is 2.94. The Kier molecular flexibility index (Phi) is 4.71. The molecule has 0 aromatic heterocycles. The van der Waals surface area contributed by atoms with Crippen LogP contribution in [0.15, 0.2) is 0 Å². The van der Waals surface area contributed by atoms with Gasteiger partial charge in [0.15, 0.2) is 0 Å². The highest BCUT2D eigenvalue weighted by molar-refractivity contribution is 5.97. The Morgan fingerprint density at radius 2 is 1.85 bits per heavy atom. The van der Waals surface area contributed by atoms with E-state index in [2.05, 4.69) is 19.2 Å². The molecule has 0 radical (unpaired) electrons. The highest BCUT2D eigenvalue weighted by Crippen LogP contribution is 2.37. The van der Waals surface area contributed by atoms with Crippen molar-refractivity contribution < 1.29 is 9.59 Å². The minimum Gasteiger partial charge on any atom is -0.342 e. The summed E-state index contributed by atoms with van der Waals surface area (Å²) in [6, 6.07) is -0.606. The number of hydrogen-bond acceptors (Lipinski definition) is 2. The molecule has 1 aliphatic heterocycles. The van der Waals surface area contributed by atoms with Gasteiger partial charge in [-0.15, -0.1) is 0 Å². The fourth-order valence-corrected chi connectivity index (χ4v) is 3.15. The number of carbonyl (C=O) groups excluding carboxylic acids is 2. The molecule has 4 nitrogen and oxygen atoms in total. The average molecular weight is 280 g/mol. The van der Waals surface area contributed by atoms with Crippen LogP contribution < -0.4 is 5.32 Å². The number of nitrogens with zero attached hydrogens (tertiary/aromatic N) is 1. The van der Waals surface area contributed by atoms with E-state index in [9.17, 15) is 9.59 Å². The largest absolute Gasteiger partial charge is 0.342 e. The smallest absolute Gasteiger partial charge is 0.246 e. The highest BCUT2D eigenvalue weighted by atomic mass is 16.2. The molecular weight excluding hydrogens is 252 g/mol. The van der Waals surface area contributed by atoms with E-state index in [0.29, 0.717) is 12.3 Å². The van der Waals surface area contributed by atoms with Gasteiger partial charge in [0.25, 0.3) is 0 Å². The maximum atomic E-state index is 12.7. The van der Waals surface area contributed by atoms with Crippen molar-refractivity contribution in [1.82, 2.24) is 10.2 Å². The number of carbonyl (C=O) groups is 2. The van der Waals surface area contributed by atoms with Crippen LogP contribution in [0.4, 0.5) is 0 Å². The molecule has 0 bridgehead atoms. The zero-order valence-electron chi connectivity index (χ0n) is 13.2. The van der Waals surface area contributed by atoms with Gasteiger partial charge >= 0.3 is 0 Å². The number of piperazine rings is 1. The van der Waals surface area contributed by atoms with Crippen LogP contribution in [0.25, 0.3) is 0 Å². The number of hydrogen-bond donors (Lipinski definition) is 1. The lowest BCUT2D eigenvalue weighted by Gasteiger charge is -2.41. The average Bonchev–Trinajstić information content (AvgIpc) is 3.26. The van der Waals surface area contributed by atoms with Gasteiger partial charge in [0.2, 0.25) is 11.8 Å². The zero-order chi connectivity index (χ0) is 14.9. The molecule has 0 spiro atoms. The Bertz CT molecular complexity index is 379. The predicted molar refractivity (Wildman–Crippen MR) is 79.1 cm³/mol. The second kappa shape index (κ2) is 6.15. The van der Waals surface area contributed by atoms with E-state index < -0.39 is 0 Å². The van der Waals surface area contributed by atoms with Crippen molar-refractivity contribution in [2.24, 2.45) is 17.8 Å². The Hall–Kier alpha value is -1.06. The SMILES string of the molecule is CCC(C)C1NC(=O)C(CC)N(CC(C)C2CC2)C1=O. The van der Waals surface area contributed by atoms with Crippen molar-refractivity contribution >= 4 is 11.8 Å². The summed E-state index contributed by atoms with van der Waals surface area (Å²) < 4.78 is 0. The van der Waals surface area contributed by atoms with Gasteiger partial charge in [-0.05, 0) is 37.0 Å². The Morgan fingerprint density at radius 1 is 1.20 bits per heavy atom. The molecule has 2 fully saturated rings. The van der Waals surface area contributed by atoms with Crippen LogP contribution in [0.3, 0.4) is 0 Å². The third-order valence-electron chi connectivity index (χ3n) is 5.04. The molecular formula is C16H28N2O2.